The zero-order valence-corrected chi connectivity index (χ0v) is 20.9. The Hall–Kier alpha value is -4.40. The number of rotatable bonds is 5. The molecule has 36 heavy (non-hydrogen) atoms. The Bertz CT molecular complexity index is 1560. The zero-order chi connectivity index (χ0) is 25.8. The quantitative estimate of drug-likeness (QED) is 0.391. The molecule has 0 radical (unpaired) electrons. The average molecular weight is 485 g/mol. The number of imidazole rings is 1. The van der Waals surface area contributed by atoms with E-state index in [1.807, 2.05) is 57.2 Å². The third-order valence-corrected chi connectivity index (χ3v) is 6.86. The molecule has 0 spiro atoms. The van der Waals surface area contributed by atoms with Gasteiger partial charge in [-0.1, -0.05) is 0 Å². The fourth-order valence-electron chi connectivity index (χ4n) is 4.69. The number of pyridine rings is 1. The van der Waals surface area contributed by atoms with Gasteiger partial charge in [0.25, 0.3) is 5.56 Å². The van der Waals surface area contributed by atoms with Gasteiger partial charge in [0.2, 0.25) is 11.8 Å². The molecule has 5 rings (SSSR count). The van der Waals surface area contributed by atoms with Crippen LogP contribution >= 0.6 is 0 Å². The normalized spacial score (nSPS) is 14.2. The highest BCUT2D eigenvalue weighted by molar-refractivity contribution is 6.09. The molecular formula is C27H28N6O3. The summed E-state index contributed by atoms with van der Waals surface area (Å²) in [5.74, 6) is 0.441. The number of aromatic amines is 2. The molecule has 0 fully saturated rings. The second-order valence-electron chi connectivity index (χ2n) is 9.49. The van der Waals surface area contributed by atoms with Crippen LogP contribution in [0.4, 0.5) is 22.7 Å². The maximum absolute atomic E-state index is 12.9. The number of aromatic nitrogens is 3. The summed E-state index contributed by atoms with van der Waals surface area (Å²) in [4.78, 5) is 51.5. The lowest BCUT2D eigenvalue weighted by molar-refractivity contribution is -0.122. The smallest absolute Gasteiger partial charge is 0.261 e. The van der Waals surface area contributed by atoms with Crippen LogP contribution in [0, 0.1) is 0 Å². The van der Waals surface area contributed by atoms with E-state index >= 15 is 0 Å². The number of hydrogen-bond donors (Lipinski definition) is 3. The van der Waals surface area contributed by atoms with Crippen molar-refractivity contribution < 1.29 is 9.59 Å². The Balaban J connectivity index is 1.55. The van der Waals surface area contributed by atoms with E-state index in [0.717, 1.165) is 28.1 Å². The Morgan fingerprint density at radius 3 is 2.53 bits per heavy atom. The number of hydrogen-bond acceptors (Lipinski definition) is 5. The average Bonchev–Trinajstić information content (AvgIpc) is 3.33. The van der Waals surface area contributed by atoms with Gasteiger partial charge in [0.1, 0.15) is 11.4 Å². The van der Waals surface area contributed by atoms with E-state index in [2.05, 4.69) is 15.3 Å². The van der Waals surface area contributed by atoms with E-state index in [4.69, 9.17) is 4.98 Å². The minimum absolute atomic E-state index is 0.0572. The number of fused-ring (bicyclic) bond motifs is 2. The number of H-pyrrole nitrogens is 2. The van der Waals surface area contributed by atoms with Crippen molar-refractivity contribution in [1.82, 2.24) is 15.0 Å². The second-order valence-corrected chi connectivity index (χ2v) is 9.49. The Morgan fingerprint density at radius 2 is 1.86 bits per heavy atom. The summed E-state index contributed by atoms with van der Waals surface area (Å²) >= 11 is 0. The topological polar surface area (TPSA) is 114 Å². The highest BCUT2D eigenvalue weighted by Crippen LogP contribution is 2.43. The minimum Gasteiger partial charge on any atom is -0.355 e. The highest BCUT2D eigenvalue weighted by Gasteiger charge is 2.43. The first-order valence-corrected chi connectivity index (χ1v) is 11.8. The largest absolute Gasteiger partial charge is 0.355 e. The molecule has 1 aliphatic heterocycles. The molecule has 1 aliphatic rings. The van der Waals surface area contributed by atoms with Gasteiger partial charge in [0, 0.05) is 38.1 Å². The van der Waals surface area contributed by atoms with Gasteiger partial charge in [-0.05, 0) is 68.8 Å². The number of nitrogens with zero attached hydrogens (tertiary/aromatic N) is 3. The van der Waals surface area contributed by atoms with Crippen molar-refractivity contribution in [2.45, 2.75) is 33.1 Å². The van der Waals surface area contributed by atoms with Gasteiger partial charge < -0.3 is 25.1 Å². The van der Waals surface area contributed by atoms with Crippen LogP contribution in [0.1, 0.15) is 33.3 Å². The van der Waals surface area contributed by atoms with Crippen LogP contribution in [0.3, 0.4) is 0 Å². The van der Waals surface area contributed by atoms with Crippen LogP contribution in [0.2, 0.25) is 0 Å². The van der Waals surface area contributed by atoms with Crippen LogP contribution in [-0.2, 0) is 15.0 Å². The van der Waals surface area contributed by atoms with Crippen LogP contribution < -0.4 is 20.7 Å². The van der Waals surface area contributed by atoms with Gasteiger partial charge in [0.05, 0.1) is 27.8 Å². The maximum atomic E-state index is 12.9. The van der Waals surface area contributed by atoms with Crippen molar-refractivity contribution in [3.63, 3.8) is 0 Å². The first kappa shape index (κ1) is 23.3. The fraction of sp³-hybridized carbons (Fsp3) is 0.259. The number of likely N-dealkylation sites (N-methyl/N-ethyl adjacent to an activating group) is 1. The molecule has 0 saturated carbocycles. The molecule has 3 N–H and O–H groups in total. The fourth-order valence-corrected chi connectivity index (χ4v) is 4.69. The summed E-state index contributed by atoms with van der Waals surface area (Å²) in [7, 11) is 1.72. The van der Waals surface area contributed by atoms with Gasteiger partial charge in [-0.3, -0.25) is 14.4 Å². The lowest BCUT2D eigenvalue weighted by Gasteiger charge is -2.18. The van der Waals surface area contributed by atoms with E-state index in [0.29, 0.717) is 29.1 Å². The standard InChI is InChI=1S/C27H28N6O3/c1-6-33-22-14-21-20(13-18(22)27(3,4)26(33)36)30-24(31-21)23-19(11-12-28-25(23)35)29-16-7-9-17(10-8-16)32(5)15(2)34/h7-14H,6H2,1-5H3,(H,30,31)(H2,28,29,35). The van der Waals surface area contributed by atoms with Gasteiger partial charge in [-0.15, -0.1) is 0 Å². The lowest BCUT2D eigenvalue weighted by Crippen LogP contribution is -2.35. The van der Waals surface area contributed by atoms with Crippen LogP contribution in [0.5, 0.6) is 0 Å². The van der Waals surface area contributed by atoms with E-state index < -0.39 is 5.41 Å². The summed E-state index contributed by atoms with van der Waals surface area (Å²) in [5, 5.41) is 3.30. The van der Waals surface area contributed by atoms with Crippen molar-refractivity contribution in [1.29, 1.82) is 0 Å². The molecule has 2 aromatic heterocycles. The van der Waals surface area contributed by atoms with Crippen molar-refractivity contribution in [2.24, 2.45) is 0 Å². The minimum atomic E-state index is -0.635. The molecule has 2 aromatic carbocycles. The van der Waals surface area contributed by atoms with Crippen LogP contribution in [0.25, 0.3) is 22.4 Å². The summed E-state index contributed by atoms with van der Waals surface area (Å²) in [5.41, 5.74) is 4.80. The summed E-state index contributed by atoms with van der Waals surface area (Å²) in [6.07, 6.45) is 1.58. The number of anilines is 4. The molecule has 0 bridgehead atoms. The van der Waals surface area contributed by atoms with E-state index in [-0.39, 0.29) is 17.4 Å². The highest BCUT2D eigenvalue weighted by atomic mass is 16.2. The maximum Gasteiger partial charge on any atom is 0.261 e. The molecule has 9 nitrogen and oxygen atoms in total. The molecule has 0 unspecified atom stereocenters. The monoisotopic (exact) mass is 484 g/mol. The zero-order valence-electron chi connectivity index (χ0n) is 20.9. The van der Waals surface area contributed by atoms with Gasteiger partial charge in [-0.25, -0.2) is 4.98 Å². The molecule has 3 heterocycles. The van der Waals surface area contributed by atoms with Crippen molar-refractivity contribution in [3.8, 4) is 11.4 Å². The molecule has 0 aliphatic carbocycles. The van der Waals surface area contributed by atoms with Crippen molar-refractivity contribution >= 4 is 45.6 Å². The SMILES string of the molecule is CCN1C(=O)C(C)(C)c2cc3[nH]c(-c4c(Nc5ccc(N(C)C(C)=O)cc5)cc[nH]c4=O)nc3cc21. The molecule has 0 saturated heterocycles. The van der Waals surface area contributed by atoms with Gasteiger partial charge in [-0.2, -0.15) is 0 Å². The Labute approximate surface area is 208 Å². The van der Waals surface area contributed by atoms with Crippen LogP contribution in [0.15, 0.2) is 53.5 Å². The van der Waals surface area contributed by atoms with Gasteiger partial charge in [0.15, 0.2) is 0 Å². The molecule has 0 atom stereocenters. The Kier molecular flexibility index (Phi) is 5.43. The third-order valence-electron chi connectivity index (χ3n) is 6.86. The predicted octanol–water partition coefficient (Wildman–Crippen LogP) is 4.29. The number of amides is 2. The number of benzene rings is 2. The summed E-state index contributed by atoms with van der Waals surface area (Å²) < 4.78 is 0. The molecule has 184 valence electrons. The molecule has 9 heteroatoms. The molecule has 2 amide bonds. The first-order valence-electron chi connectivity index (χ1n) is 11.8. The summed E-state index contributed by atoms with van der Waals surface area (Å²) in [6, 6.07) is 13.0. The number of carbonyl (C=O) groups is 2. The van der Waals surface area contributed by atoms with E-state index in [9.17, 15) is 14.4 Å². The number of carbonyl (C=O) groups excluding carboxylic acids is 2. The lowest BCUT2D eigenvalue weighted by atomic mass is 9.86. The first-order chi connectivity index (χ1) is 17.1. The van der Waals surface area contributed by atoms with E-state index in [1.165, 1.54) is 6.92 Å². The number of nitrogens with one attached hydrogen (secondary N) is 3. The van der Waals surface area contributed by atoms with E-state index in [1.54, 1.807) is 29.1 Å². The molecular weight excluding hydrogens is 456 g/mol. The van der Waals surface area contributed by atoms with Gasteiger partial charge >= 0.3 is 0 Å². The Morgan fingerprint density at radius 1 is 1.14 bits per heavy atom. The van der Waals surface area contributed by atoms with Crippen molar-refractivity contribution in [2.75, 3.05) is 28.7 Å². The van der Waals surface area contributed by atoms with Crippen LogP contribution in [-0.4, -0.2) is 40.4 Å². The predicted molar refractivity (Wildman–Crippen MR) is 142 cm³/mol. The summed E-state index contributed by atoms with van der Waals surface area (Å²) in [6.45, 7) is 7.89. The molecule has 4 aromatic rings. The van der Waals surface area contributed by atoms with Crippen molar-refractivity contribution in [3.05, 3.63) is 64.6 Å². The third kappa shape index (κ3) is 3.64. The second kappa shape index (κ2) is 8.37.